The van der Waals surface area contributed by atoms with Gasteiger partial charge in [-0.1, -0.05) is 15.9 Å². The molecule has 21 heavy (non-hydrogen) atoms. The van der Waals surface area contributed by atoms with E-state index in [0.717, 1.165) is 5.56 Å². The number of rotatable bonds is 6. The van der Waals surface area contributed by atoms with Crippen molar-refractivity contribution in [3.8, 4) is 5.75 Å². The molecule has 5 nitrogen and oxygen atoms in total. The summed E-state index contributed by atoms with van der Waals surface area (Å²) in [6.07, 6.45) is -0.187. The van der Waals surface area contributed by atoms with Crippen molar-refractivity contribution in [1.29, 1.82) is 0 Å². The first-order chi connectivity index (χ1) is 9.99. The van der Waals surface area contributed by atoms with Crippen LogP contribution in [0.1, 0.15) is 24.2 Å². The lowest BCUT2D eigenvalue weighted by Crippen LogP contribution is -2.07. The number of ether oxygens (including phenoxy) is 1. The molecule has 0 spiro atoms. The molecule has 112 valence electrons. The zero-order valence-electron chi connectivity index (χ0n) is 11.3. The fraction of sp³-hybridized carbons (Fsp3) is 0.286. The van der Waals surface area contributed by atoms with Crippen LogP contribution in [0.5, 0.6) is 5.75 Å². The monoisotopic (exact) mass is 371 g/mol. The SMILES string of the molecule is C[C@H](O)c1cc(Br)cc([N+](=O)[O-])c1OCCc1ccsc1. The lowest BCUT2D eigenvalue weighted by molar-refractivity contribution is -0.386. The summed E-state index contributed by atoms with van der Waals surface area (Å²) in [5.74, 6) is 0.133. The second-order valence-corrected chi connectivity index (χ2v) is 6.20. The molecule has 0 aliphatic rings. The lowest BCUT2D eigenvalue weighted by Gasteiger charge is -2.14. The van der Waals surface area contributed by atoms with E-state index in [1.165, 1.54) is 6.07 Å². The van der Waals surface area contributed by atoms with Crippen LogP contribution in [0, 0.1) is 10.1 Å². The summed E-state index contributed by atoms with van der Waals surface area (Å²) in [7, 11) is 0. The molecule has 0 aliphatic heterocycles. The van der Waals surface area contributed by atoms with E-state index in [1.807, 2.05) is 16.8 Å². The van der Waals surface area contributed by atoms with Crippen molar-refractivity contribution < 1.29 is 14.8 Å². The quantitative estimate of drug-likeness (QED) is 0.612. The maximum atomic E-state index is 11.2. The molecule has 0 radical (unpaired) electrons. The van der Waals surface area contributed by atoms with Crippen molar-refractivity contribution in [3.63, 3.8) is 0 Å². The zero-order valence-corrected chi connectivity index (χ0v) is 13.7. The summed E-state index contributed by atoms with van der Waals surface area (Å²) in [4.78, 5) is 10.7. The van der Waals surface area contributed by atoms with Crippen molar-refractivity contribution in [2.45, 2.75) is 19.4 Å². The smallest absolute Gasteiger partial charge is 0.312 e. The first-order valence-electron chi connectivity index (χ1n) is 6.29. The maximum Gasteiger partial charge on any atom is 0.312 e. The van der Waals surface area contributed by atoms with Gasteiger partial charge in [-0.2, -0.15) is 11.3 Å². The topological polar surface area (TPSA) is 72.6 Å². The minimum absolute atomic E-state index is 0.133. The Morgan fingerprint density at radius 2 is 2.29 bits per heavy atom. The fourth-order valence-electron chi connectivity index (χ4n) is 1.91. The number of benzene rings is 1. The van der Waals surface area contributed by atoms with Gasteiger partial charge in [0.25, 0.3) is 0 Å². The van der Waals surface area contributed by atoms with Crippen LogP contribution in [-0.4, -0.2) is 16.6 Å². The first kappa shape index (κ1) is 15.9. The molecule has 1 N–H and O–H groups in total. The second-order valence-electron chi connectivity index (χ2n) is 4.51. The van der Waals surface area contributed by atoms with Crippen molar-refractivity contribution in [2.24, 2.45) is 0 Å². The minimum atomic E-state index is -0.850. The normalized spacial score (nSPS) is 12.1. The summed E-state index contributed by atoms with van der Waals surface area (Å²) < 4.78 is 6.14. The fourth-order valence-corrected chi connectivity index (χ4v) is 3.08. The van der Waals surface area contributed by atoms with Crippen molar-refractivity contribution in [2.75, 3.05) is 6.61 Å². The number of nitro benzene ring substituents is 1. The van der Waals surface area contributed by atoms with Crippen LogP contribution in [0.25, 0.3) is 0 Å². The highest BCUT2D eigenvalue weighted by Crippen LogP contribution is 2.37. The van der Waals surface area contributed by atoms with E-state index in [2.05, 4.69) is 15.9 Å². The predicted molar refractivity (Wildman–Crippen MR) is 84.9 cm³/mol. The van der Waals surface area contributed by atoms with Crippen LogP contribution in [-0.2, 0) is 6.42 Å². The molecule has 1 atom stereocenters. The molecule has 0 bridgehead atoms. The molecule has 1 aromatic heterocycles. The number of aliphatic hydroxyl groups excluding tert-OH is 1. The van der Waals surface area contributed by atoms with Gasteiger partial charge < -0.3 is 9.84 Å². The third kappa shape index (κ3) is 4.03. The number of hydrogen-bond donors (Lipinski definition) is 1. The molecular formula is C14H14BrNO4S. The molecule has 0 amide bonds. The number of nitrogens with zero attached hydrogens (tertiary/aromatic N) is 1. The molecule has 2 aromatic rings. The molecule has 0 unspecified atom stereocenters. The van der Waals surface area contributed by atoms with E-state index in [-0.39, 0.29) is 11.4 Å². The Labute approximate surface area is 134 Å². The molecule has 0 aliphatic carbocycles. The summed E-state index contributed by atoms with van der Waals surface area (Å²) in [6, 6.07) is 5.00. The van der Waals surface area contributed by atoms with E-state index in [1.54, 1.807) is 24.3 Å². The van der Waals surface area contributed by atoms with Gasteiger partial charge in [-0.25, -0.2) is 0 Å². The van der Waals surface area contributed by atoms with Crippen LogP contribution >= 0.6 is 27.3 Å². The highest BCUT2D eigenvalue weighted by atomic mass is 79.9. The average molecular weight is 372 g/mol. The van der Waals surface area contributed by atoms with Crippen LogP contribution in [0.3, 0.4) is 0 Å². The van der Waals surface area contributed by atoms with E-state index in [0.29, 0.717) is 23.1 Å². The number of thiophene rings is 1. The Hall–Kier alpha value is -1.44. The Morgan fingerprint density at radius 1 is 1.52 bits per heavy atom. The lowest BCUT2D eigenvalue weighted by atomic mass is 10.1. The largest absolute Gasteiger partial charge is 0.486 e. The molecule has 0 saturated carbocycles. The number of nitro groups is 1. The summed E-state index contributed by atoms with van der Waals surface area (Å²) in [5.41, 5.74) is 1.38. The van der Waals surface area contributed by atoms with Gasteiger partial charge in [-0.3, -0.25) is 10.1 Å². The highest BCUT2D eigenvalue weighted by Gasteiger charge is 2.23. The molecule has 1 heterocycles. The van der Waals surface area contributed by atoms with E-state index >= 15 is 0 Å². The third-order valence-electron chi connectivity index (χ3n) is 2.93. The van der Waals surface area contributed by atoms with Gasteiger partial charge in [0.1, 0.15) is 0 Å². The average Bonchev–Trinajstić information content (AvgIpc) is 2.92. The van der Waals surface area contributed by atoms with Gasteiger partial charge in [-0.15, -0.1) is 0 Å². The van der Waals surface area contributed by atoms with Gasteiger partial charge in [-0.05, 0) is 35.4 Å². The standard InChI is InChI=1S/C14H14BrNO4S/c1-9(17)12-6-11(15)7-13(16(18)19)14(12)20-4-2-10-3-5-21-8-10/h3,5-9,17H,2,4H2,1H3/t9-/m0/s1. The Balaban J connectivity index is 2.24. The van der Waals surface area contributed by atoms with E-state index in [4.69, 9.17) is 4.74 Å². The van der Waals surface area contributed by atoms with Crippen LogP contribution < -0.4 is 4.74 Å². The van der Waals surface area contributed by atoms with Gasteiger partial charge in [0.2, 0.25) is 5.75 Å². The minimum Gasteiger partial charge on any atom is -0.486 e. The summed E-state index contributed by atoms with van der Waals surface area (Å²) in [5, 5.41) is 24.9. The molecule has 0 fully saturated rings. The third-order valence-corrected chi connectivity index (χ3v) is 4.12. The van der Waals surface area contributed by atoms with Crippen molar-refractivity contribution in [3.05, 3.63) is 54.7 Å². The second kappa shape index (κ2) is 7.02. The van der Waals surface area contributed by atoms with E-state index < -0.39 is 11.0 Å². The van der Waals surface area contributed by atoms with Crippen LogP contribution in [0.2, 0.25) is 0 Å². The Morgan fingerprint density at radius 3 is 2.86 bits per heavy atom. The highest BCUT2D eigenvalue weighted by molar-refractivity contribution is 9.10. The zero-order chi connectivity index (χ0) is 15.4. The summed E-state index contributed by atoms with van der Waals surface area (Å²) in [6.45, 7) is 1.87. The van der Waals surface area contributed by atoms with Gasteiger partial charge in [0.05, 0.1) is 17.6 Å². The van der Waals surface area contributed by atoms with Gasteiger partial charge in [0, 0.05) is 22.5 Å². The maximum absolute atomic E-state index is 11.2. The first-order valence-corrected chi connectivity index (χ1v) is 8.02. The molecule has 2 rings (SSSR count). The Kier molecular flexibility index (Phi) is 5.33. The van der Waals surface area contributed by atoms with Gasteiger partial charge in [0.15, 0.2) is 0 Å². The number of aliphatic hydroxyl groups is 1. The Bertz CT molecular complexity index is 628. The predicted octanol–water partition coefficient (Wildman–Crippen LogP) is 4.09. The van der Waals surface area contributed by atoms with Crippen molar-refractivity contribution >= 4 is 33.0 Å². The molecule has 0 saturated heterocycles. The van der Waals surface area contributed by atoms with Crippen molar-refractivity contribution in [1.82, 2.24) is 0 Å². The molecular weight excluding hydrogens is 358 g/mol. The molecule has 1 aromatic carbocycles. The molecule has 7 heteroatoms. The van der Waals surface area contributed by atoms with E-state index in [9.17, 15) is 15.2 Å². The van der Waals surface area contributed by atoms with Crippen LogP contribution in [0.15, 0.2) is 33.4 Å². The number of halogens is 1. The van der Waals surface area contributed by atoms with Crippen LogP contribution in [0.4, 0.5) is 5.69 Å². The summed E-state index contributed by atoms with van der Waals surface area (Å²) >= 11 is 4.81. The number of hydrogen-bond acceptors (Lipinski definition) is 5. The van der Waals surface area contributed by atoms with Gasteiger partial charge >= 0.3 is 5.69 Å².